The molecule has 0 aromatic carbocycles. The van der Waals surface area contributed by atoms with Crippen LogP contribution in [-0.2, 0) is 9.53 Å². The second-order valence-corrected chi connectivity index (χ2v) is 5.64. The molecule has 16 heavy (non-hydrogen) atoms. The summed E-state index contributed by atoms with van der Waals surface area (Å²) < 4.78 is 5.47. The summed E-state index contributed by atoms with van der Waals surface area (Å²) in [5.74, 6) is -1.53. The number of hydrogen-bond acceptors (Lipinski definition) is 3. The van der Waals surface area contributed by atoms with E-state index in [9.17, 15) is 9.90 Å². The topological polar surface area (TPSA) is 66.8 Å². The number of hydrogen-bond donors (Lipinski definition) is 2. The molecule has 0 aromatic rings. The van der Waals surface area contributed by atoms with Crippen molar-refractivity contribution in [2.75, 3.05) is 6.61 Å². The van der Waals surface area contributed by atoms with Crippen LogP contribution in [0, 0.1) is 17.3 Å². The fourth-order valence-electron chi connectivity index (χ4n) is 2.63. The summed E-state index contributed by atoms with van der Waals surface area (Å²) in [4.78, 5) is 11.0. The van der Waals surface area contributed by atoms with E-state index in [1.807, 2.05) is 20.8 Å². The van der Waals surface area contributed by atoms with Gasteiger partial charge in [0.05, 0.1) is 17.6 Å². The molecule has 4 nitrogen and oxygen atoms in total. The van der Waals surface area contributed by atoms with Gasteiger partial charge in [-0.25, -0.2) is 0 Å². The standard InChI is InChI=1S/C12H22O4/c1-6-16-12(4,5)9(13)7-8(10(14)15)11(7,2)3/h7-9,13H,6H2,1-5H3,(H,14,15). The van der Waals surface area contributed by atoms with Crippen molar-refractivity contribution in [3.8, 4) is 0 Å². The average Bonchev–Trinajstić information content (AvgIpc) is 2.67. The van der Waals surface area contributed by atoms with Gasteiger partial charge >= 0.3 is 5.97 Å². The van der Waals surface area contributed by atoms with E-state index < -0.39 is 23.6 Å². The maximum Gasteiger partial charge on any atom is 0.307 e. The Kier molecular flexibility index (Phi) is 3.37. The zero-order valence-electron chi connectivity index (χ0n) is 10.7. The molecule has 0 spiro atoms. The van der Waals surface area contributed by atoms with Crippen molar-refractivity contribution in [2.45, 2.75) is 46.3 Å². The molecule has 1 saturated carbocycles. The molecule has 0 saturated heterocycles. The van der Waals surface area contributed by atoms with Gasteiger partial charge in [0.25, 0.3) is 0 Å². The van der Waals surface area contributed by atoms with Gasteiger partial charge in [0.2, 0.25) is 0 Å². The quantitative estimate of drug-likeness (QED) is 0.751. The Morgan fingerprint density at radius 1 is 1.50 bits per heavy atom. The molecule has 0 heterocycles. The molecule has 1 aliphatic rings. The van der Waals surface area contributed by atoms with Gasteiger partial charge in [-0.05, 0) is 26.2 Å². The Hall–Kier alpha value is -0.610. The number of carboxylic acid groups (broad SMARTS) is 1. The van der Waals surface area contributed by atoms with Gasteiger partial charge in [-0.1, -0.05) is 13.8 Å². The summed E-state index contributed by atoms with van der Waals surface area (Å²) in [5.41, 5.74) is -1.04. The van der Waals surface area contributed by atoms with E-state index >= 15 is 0 Å². The first-order chi connectivity index (χ1) is 7.16. The first-order valence-corrected chi connectivity index (χ1v) is 5.71. The predicted octanol–water partition coefficient (Wildman–Crippen LogP) is 1.52. The number of ether oxygens (including phenoxy) is 1. The zero-order chi connectivity index (χ0) is 12.7. The third-order valence-corrected chi connectivity index (χ3v) is 3.75. The number of carboxylic acids is 1. The molecule has 0 aromatic heterocycles. The summed E-state index contributed by atoms with van der Waals surface area (Å²) in [6.45, 7) is 9.72. The van der Waals surface area contributed by atoms with Gasteiger partial charge in [0, 0.05) is 12.5 Å². The van der Waals surface area contributed by atoms with Crippen molar-refractivity contribution < 1.29 is 19.7 Å². The molecule has 2 N–H and O–H groups in total. The van der Waals surface area contributed by atoms with E-state index in [0.717, 1.165) is 0 Å². The predicted molar refractivity (Wildman–Crippen MR) is 60.1 cm³/mol. The van der Waals surface area contributed by atoms with Crippen LogP contribution in [0.2, 0.25) is 0 Å². The van der Waals surface area contributed by atoms with Gasteiger partial charge in [-0.3, -0.25) is 4.79 Å². The van der Waals surface area contributed by atoms with E-state index in [1.165, 1.54) is 0 Å². The van der Waals surface area contributed by atoms with Crippen LogP contribution in [0.4, 0.5) is 0 Å². The Morgan fingerprint density at radius 3 is 2.31 bits per heavy atom. The van der Waals surface area contributed by atoms with Gasteiger partial charge in [0.15, 0.2) is 0 Å². The molecule has 0 aliphatic heterocycles. The van der Waals surface area contributed by atoms with Gasteiger partial charge in [-0.2, -0.15) is 0 Å². The summed E-state index contributed by atoms with van der Waals surface area (Å²) in [6, 6.07) is 0. The van der Waals surface area contributed by atoms with Crippen molar-refractivity contribution >= 4 is 5.97 Å². The molecule has 0 radical (unpaired) electrons. The molecular weight excluding hydrogens is 208 g/mol. The van der Waals surface area contributed by atoms with Crippen molar-refractivity contribution in [2.24, 2.45) is 17.3 Å². The van der Waals surface area contributed by atoms with E-state index in [-0.39, 0.29) is 11.3 Å². The average molecular weight is 230 g/mol. The third-order valence-electron chi connectivity index (χ3n) is 3.75. The van der Waals surface area contributed by atoms with Crippen LogP contribution in [0.1, 0.15) is 34.6 Å². The number of rotatable bonds is 5. The smallest absolute Gasteiger partial charge is 0.307 e. The normalized spacial score (nSPS) is 29.9. The summed E-state index contributed by atoms with van der Waals surface area (Å²) in [6.07, 6.45) is -0.747. The molecule has 94 valence electrons. The minimum atomic E-state index is -0.832. The fourth-order valence-corrected chi connectivity index (χ4v) is 2.63. The summed E-state index contributed by atoms with van der Waals surface area (Å²) >= 11 is 0. The van der Waals surface area contributed by atoms with E-state index in [1.54, 1.807) is 13.8 Å². The highest BCUT2D eigenvalue weighted by Gasteiger charge is 2.67. The number of aliphatic carboxylic acids is 1. The largest absolute Gasteiger partial charge is 0.481 e. The lowest BCUT2D eigenvalue weighted by atomic mass is 9.93. The minimum Gasteiger partial charge on any atom is -0.481 e. The molecular formula is C12H22O4. The molecule has 3 unspecified atom stereocenters. The molecule has 1 fully saturated rings. The zero-order valence-corrected chi connectivity index (χ0v) is 10.7. The van der Waals surface area contributed by atoms with Crippen molar-refractivity contribution in [3.63, 3.8) is 0 Å². The second kappa shape index (κ2) is 4.00. The monoisotopic (exact) mass is 230 g/mol. The Morgan fingerprint density at radius 2 is 2.00 bits per heavy atom. The first-order valence-electron chi connectivity index (χ1n) is 5.71. The second-order valence-electron chi connectivity index (χ2n) is 5.64. The fraction of sp³-hybridized carbons (Fsp3) is 0.917. The van der Waals surface area contributed by atoms with Gasteiger partial charge in [0.1, 0.15) is 0 Å². The number of carbonyl (C=O) groups is 1. The summed E-state index contributed by atoms with van der Waals surface area (Å²) in [5, 5.41) is 19.3. The van der Waals surface area contributed by atoms with Crippen LogP contribution in [-0.4, -0.2) is 34.5 Å². The Balaban J connectivity index is 2.77. The molecule has 3 atom stereocenters. The molecule has 0 bridgehead atoms. The summed E-state index contributed by atoms with van der Waals surface area (Å²) in [7, 11) is 0. The van der Waals surface area contributed by atoms with E-state index in [2.05, 4.69) is 0 Å². The van der Waals surface area contributed by atoms with Crippen LogP contribution in [0.5, 0.6) is 0 Å². The number of aliphatic hydroxyl groups is 1. The lowest BCUT2D eigenvalue weighted by Gasteiger charge is -2.31. The van der Waals surface area contributed by atoms with Crippen LogP contribution >= 0.6 is 0 Å². The van der Waals surface area contributed by atoms with Crippen molar-refractivity contribution in [1.82, 2.24) is 0 Å². The molecule has 4 heteroatoms. The van der Waals surface area contributed by atoms with Crippen LogP contribution in [0.15, 0.2) is 0 Å². The Labute approximate surface area is 96.6 Å². The minimum absolute atomic E-state index is 0.230. The van der Waals surface area contributed by atoms with Gasteiger partial charge in [-0.15, -0.1) is 0 Å². The maximum atomic E-state index is 11.0. The highest BCUT2D eigenvalue weighted by molar-refractivity contribution is 5.75. The molecule has 1 aliphatic carbocycles. The molecule has 1 rings (SSSR count). The van der Waals surface area contributed by atoms with E-state index in [0.29, 0.717) is 6.61 Å². The highest BCUT2D eigenvalue weighted by atomic mass is 16.5. The van der Waals surface area contributed by atoms with Crippen molar-refractivity contribution in [3.05, 3.63) is 0 Å². The van der Waals surface area contributed by atoms with Crippen LogP contribution < -0.4 is 0 Å². The lowest BCUT2D eigenvalue weighted by molar-refractivity contribution is -0.141. The Bertz CT molecular complexity index is 283. The maximum absolute atomic E-state index is 11.0. The van der Waals surface area contributed by atoms with Gasteiger partial charge < -0.3 is 14.9 Å². The lowest BCUT2D eigenvalue weighted by Crippen LogP contribution is -2.42. The van der Waals surface area contributed by atoms with Crippen LogP contribution in [0.25, 0.3) is 0 Å². The van der Waals surface area contributed by atoms with Crippen LogP contribution in [0.3, 0.4) is 0 Å². The van der Waals surface area contributed by atoms with Crippen molar-refractivity contribution in [1.29, 1.82) is 0 Å². The highest BCUT2D eigenvalue weighted by Crippen LogP contribution is 2.61. The SMILES string of the molecule is CCOC(C)(C)C(O)C1C(C(=O)O)C1(C)C. The third kappa shape index (κ3) is 2.09. The molecule has 0 amide bonds. The van der Waals surface area contributed by atoms with E-state index in [4.69, 9.17) is 9.84 Å². The number of aliphatic hydroxyl groups excluding tert-OH is 1. The first kappa shape index (κ1) is 13.5.